The fraction of sp³-hybridized carbons (Fsp3) is 0.167. The van der Waals surface area contributed by atoms with Crippen LogP contribution in [0, 0.1) is 6.92 Å². The minimum atomic E-state index is -0.120. The number of fused-ring (bicyclic) bond motifs is 2. The predicted octanol–water partition coefficient (Wildman–Crippen LogP) is 4.87. The summed E-state index contributed by atoms with van der Waals surface area (Å²) in [4.78, 5) is 26.9. The van der Waals surface area contributed by atoms with E-state index in [0.717, 1.165) is 32.0 Å². The van der Waals surface area contributed by atoms with Crippen LogP contribution in [0.3, 0.4) is 0 Å². The van der Waals surface area contributed by atoms with Crippen molar-refractivity contribution < 1.29 is 4.79 Å². The van der Waals surface area contributed by atoms with E-state index in [1.165, 1.54) is 0 Å². The zero-order chi connectivity index (χ0) is 21.4. The number of nitrogens with one attached hydrogen (secondary N) is 1. The highest BCUT2D eigenvalue weighted by molar-refractivity contribution is 7.18. The first-order valence-electron chi connectivity index (χ1n) is 10.1. The molecule has 1 amide bonds. The number of hydrogen-bond acceptors (Lipinski definition) is 5. The Labute approximate surface area is 183 Å². The number of aryl methyl sites for hydroxylation is 1. The standard InChI is InChI=1S/C24H21N5OS/c1-15(24-28-20-9-5-6-10-21(20)31-24)14-26-23(30)18-13-22(29-12-11-25-16(29)2)27-19-8-4-3-7-17(18)19/h3-13,15H,14H2,1-2H3,(H,26,30). The van der Waals surface area contributed by atoms with Crippen molar-refractivity contribution in [1.82, 2.24) is 24.8 Å². The summed E-state index contributed by atoms with van der Waals surface area (Å²) >= 11 is 1.68. The van der Waals surface area contributed by atoms with Crippen molar-refractivity contribution in [3.8, 4) is 5.82 Å². The van der Waals surface area contributed by atoms with E-state index in [0.29, 0.717) is 17.9 Å². The van der Waals surface area contributed by atoms with E-state index in [9.17, 15) is 4.79 Å². The summed E-state index contributed by atoms with van der Waals surface area (Å²) < 4.78 is 3.05. The summed E-state index contributed by atoms with van der Waals surface area (Å²) in [6.07, 6.45) is 3.58. The van der Waals surface area contributed by atoms with Crippen molar-refractivity contribution >= 4 is 38.4 Å². The van der Waals surface area contributed by atoms with Crippen molar-refractivity contribution in [1.29, 1.82) is 0 Å². The number of carbonyl (C=O) groups is 1. The van der Waals surface area contributed by atoms with Crippen LogP contribution in [0.25, 0.3) is 26.9 Å². The highest BCUT2D eigenvalue weighted by atomic mass is 32.1. The molecule has 5 aromatic rings. The molecule has 154 valence electrons. The molecule has 0 radical (unpaired) electrons. The van der Waals surface area contributed by atoms with Crippen molar-refractivity contribution in [3.05, 3.63) is 83.4 Å². The van der Waals surface area contributed by atoms with Crippen LogP contribution in [0.4, 0.5) is 0 Å². The smallest absolute Gasteiger partial charge is 0.252 e. The van der Waals surface area contributed by atoms with Crippen LogP contribution in [-0.4, -0.2) is 32.0 Å². The maximum Gasteiger partial charge on any atom is 0.252 e. The van der Waals surface area contributed by atoms with Gasteiger partial charge in [-0.1, -0.05) is 37.3 Å². The van der Waals surface area contributed by atoms with E-state index in [4.69, 9.17) is 9.97 Å². The molecule has 0 aliphatic carbocycles. The van der Waals surface area contributed by atoms with Gasteiger partial charge in [0.05, 0.1) is 26.3 Å². The molecule has 5 rings (SSSR count). The Morgan fingerprint density at radius 3 is 2.65 bits per heavy atom. The van der Waals surface area contributed by atoms with E-state index < -0.39 is 0 Å². The first-order chi connectivity index (χ1) is 15.1. The Bertz CT molecular complexity index is 1370. The number of pyridine rings is 1. The Balaban J connectivity index is 1.43. The Morgan fingerprint density at radius 1 is 1.10 bits per heavy atom. The number of thiazole rings is 1. The van der Waals surface area contributed by atoms with Crippen LogP contribution in [-0.2, 0) is 0 Å². The maximum atomic E-state index is 13.2. The lowest BCUT2D eigenvalue weighted by molar-refractivity contribution is 0.0953. The molecule has 6 nitrogen and oxygen atoms in total. The van der Waals surface area contributed by atoms with Crippen LogP contribution in [0.15, 0.2) is 67.0 Å². The fourth-order valence-corrected chi connectivity index (χ4v) is 4.64. The molecule has 1 atom stereocenters. The summed E-state index contributed by atoms with van der Waals surface area (Å²) in [5, 5.41) is 4.95. The second kappa shape index (κ2) is 7.92. The monoisotopic (exact) mass is 427 g/mol. The van der Waals surface area contributed by atoms with Gasteiger partial charge in [0.2, 0.25) is 0 Å². The minimum absolute atomic E-state index is 0.116. The van der Waals surface area contributed by atoms with E-state index in [1.54, 1.807) is 17.5 Å². The van der Waals surface area contributed by atoms with Gasteiger partial charge in [-0.15, -0.1) is 11.3 Å². The molecule has 1 N–H and O–H groups in total. The SMILES string of the molecule is Cc1nccn1-c1cc(C(=O)NCC(C)c2nc3ccccc3s2)c2ccccc2n1. The quantitative estimate of drug-likeness (QED) is 0.434. The van der Waals surface area contributed by atoms with Gasteiger partial charge in [0.1, 0.15) is 11.6 Å². The molecule has 1 unspecified atom stereocenters. The van der Waals surface area contributed by atoms with Gasteiger partial charge in [0.15, 0.2) is 0 Å². The second-order valence-electron chi connectivity index (χ2n) is 7.52. The number of hydrogen-bond donors (Lipinski definition) is 1. The molecule has 0 bridgehead atoms. The molecule has 3 aromatic heterocycles. The molecule has 0 aliphatic rings. The van der Waals surface area contributed by atoms with Crippen LogP contribution < -0.4 is 5.32 Å². The molecule has 31 heavy (non-hydrogen) atoms. The summed E-state index contributed by atoms with van der Waals surface area (Å²) in [6.45, 7) is 4.51. The first kappa shape index (κ1) is 19.4. The molecule has 0 aliphatic heterocycles. The maximum absolute atomic E-state index is 13.2. The summed E-state index contributed by atoms with van der Waals surface area (Å²) in [5.74, 6) is 1.49. The zero-order valence-electron chi connectivity index (χ0n) is 17.2. The molecule has 3 heterocycles. The predicted molar refractivity (Wildman–Crippen MR) is 124 cm³/mol. The van der Waals surface area contributed by atoms with Crippen LogP contribution in [0.2, 0.25) is 0 Å². The Morgan fingerprint density at radius 2 is 1.87 bits per heavy atom. The molecule has 7 heteroatoms. The minimum Gasteiger partial charge on any atom is -0.351 e. The van der Waals surface area contributed by atoms with Gasteiger partial charge in [-0.05, 0) is 31.2 Å². The van der Waals surface area contributed by atoms with Gasteiger partial charge < -0.3 is 5.32 Å². The van der Waals surface area contributed by atoms with E-state index in [2.05, 4.69) is 23.3 Å². The molecular weight excluding hydrogens is 406 g/mol. The summed E-state index contributed by atoms with van der Waals surface area (Å²) in [6, 6.07) is 17.6. The lowest BCUT2D eigenvalue weighted by atomic mass is 10.1. The highest BCUT2D eigenvalue weighted by Gasteiger charge is 2.17. The number of aromatic nitrogens is 4. The van der Waals surface area contributed by atoms with Gasteiger partial charge in [-0.2, -0.15) is 0 Å². The van der Waals surface area contributed by atoms with E-state index in [1.807, 2.05) is 66.2 Å². The van der Waals surface area contributed by atoms with E-state index in [-0.39, 0.29) is 11.8 Å². The number of nitrogens with zero attached hydrogens (tertiary/aromatic N) is 4. The van der Waals surface area contributed by atoms with Gasteiger partial charge in [-0.25, -0.2) is 15.0 Å². The van der Waals surface area contributed by atoms with Gasteiger partial charge in [0.25, 0.3) is 5.91 Å². The molecule has 0 saturated heterocycles. The third-order valence-electron chi connectivity index (χ3n) is 5.32. The molecule has 0 fully saturated rings. The average molecular weight is 428 g/mol. The third kappa shape index (κ3) is 3.68. The lowest BCUT2D eigenvalue weighted by Gasteiger charge is -2.13. The normalized spacial score (nSPS) is 12.3. The van der Waals surface area contributed by atoms with Crippen LogP contribution in [0.5, 0.6) is 0 Å². The lowest BCUT2D eigenvalue weighted by Crippen LogP contribution is -2.28. The van der Waals surface area contributed by atoms with E-state index >= 15 is 0 Å². The topological polar surface area (TPSA) is 72.7 Å². The van der Waals surface area contributed by atoms with Gasteiger partial charge in [0, 0.05) is 30.2 Å². The number of para-hydroxylation sites is 2. The molecule has 2 aromatic carbocycles. The fourth-order valence-electron chi connectivity index (χ4n) is 3.62. The second-order valence-corrected chi connectivity index (χ2v) is 8.58. The largest absolute Gasteiger partial charge is 0.351 e. The van der Waals surface area contributed by atoms with Gasteiger partial charge in [-0.3, -0.25) is 9.36 Å². The third-order valence-corrected chi connectivity index (χ3v) is 6.59. The summed E-state index contributed by atoms with van der Waals surface area (Å²) in [5.41, 5.74) is 2.38. The molecule has 0 saturated carbocycles. The number of benzene rings is 2. The number of carbonyl (C=O) groups excluding carboxylic acids is 1. The number of imidazole rings is 1. The van der Waals surface area contributed by atoms with Crippen molar-refractivity contribution in [2.75, 3.05) is 6.54 Å². The van der Waals surface area contributed by atoms with Gasteiger partial charge >= 0.3 is 0 Å². The molecule has 0 spiro atoms. The van der Waals surface area contributed by atoms with Crippen LogP contribution >= 0.6 is 11.3 Å². The Hall–Kier alpha value is -3.58. The molecular formula is C24H21N5OS. The van der Waals surface area contributed by atoms with Crippen molar-refractivity contribution in [2.45, 2.75) is 19.8 Å². The highest BCUT2D eigenvalue weighted by Crippen LogP contribution is 2.27. The number of amides is 1. The Kier molecular flexibility index (Phi) is 4.95. The van der Waals surface area contributed by atoms with Crippen LogP contribution in [0.1, 0.15) is 34.0 Å². The van der Waals surface area contributed by atoms with Crippen molar-refractivity contribution in [2.24, 2.45) is 0 Å². The van der Waals surface area contributed by atoms with Crippen molar-refractivity contribution in [3.63, 3.8) is 0 Å². The number of rotatable bonds is 5. The first-order valence-corrected chi connectivity index (χ1v) is 11.0. The average Bonchev–Trinajstić information content (AvgIpc) is 3.42. The zero-order valence-corrected chi connectivity index (χ0v) is 18.1. The summed E-state index contributed by atoms with van der Waals surface area (Å²) in [7, 11) is 0.